The molecule has 0 bridgehead atoms. The Kier molecular flexibility index (Phi) is 4.18. The van der Waals surface area contributed by atoms with Crippen molar-refractivity contribution in [1.29, 1.82) is 0 Å². The minimum Gasteiger partial charge on any atom is -0.391 e. The van der Waals surface area contributed by atoms with Crippen LogP contribution in [0.5, 0.6) is 0 Å². The average Bonchev–Trinajstić information content (AvgIpc) is 3.47. The highest BCUT2D eigenvalue weighted by molar-refractivity contribution is 5.84. The number of ether oxygens (including phenoxy) is 1. The van der Waals surface area contributed by atoms with E-state index in [2.05, 4.69) is 45.6 Å². The van der Waals surface area contributed by atoms with Crippen molar-refractivity contribution in [3.63, 3.8) is 0 Å². The third-order valence-electron chi connectivity index (χ3n) is 6.88. The van der Waals surface area contributed by atoms with E-state index < -0.39 is 6.10 Å². The Hall–Kier alpha value is -3.23. The molecular formula is C24H25N5O3. The summed E-state index contributed by atoms with van der Waals surface area (Å²) in [5, 5.41) is 10.3. The van der Waals surface area contributed by atoms with E-state index in [0.29, 0.717) is 13.0 Å². The summed E-state index contributed by atoms with van der Waals surface area (Å²) in [6.07, 6.45) is 3.57. The number of carbonyl (C=O) groups excluding carboxylic acids is 1. The van der Waals surface area contributed by atoms with Crippen LogP contribution in [-0.4, -0.2) is 61.1 Å². The van der Waals surface area contributed by atoms with Gasteiger partial charge in [0.2, 0.25) is 5.91 Å². The maximum Gasteiger partial charge on any atom is 0.220 e. The molecule has 2 fully saturated rings. The summed E-state index contributed by atoms with van der Waals surface area (Å²) in [4.78, 5) is 26.8. The molecule has 2 saturated heterocycles. The molecule has 1 aromatic carbocycles. The standard InChI is InChI=1S/C24H25N5O3/c1-14(30)28-11-17(31)9-19(28)23-27-21(20-10-26-22-18(29(20)23)7-8-25-22)15-3-5-16(6-4-15)24(2)12-32-13-24/h3-8,10,17,19,25,31H,9,11-13H2,1-2H3/t17-,19-/m1/s1. The minimum atomic E-state index is -0.562. The van der Waals surface area contributed by atoms with Crippen LogP contribution < -0.4 is 0 Å². The van der Waals surface area contributed by atoms with Crippen molar-refractivity contribution in [3.05, 3.63) is 54.1 Å². The quantitative estimate of drug-likeness (QED) is 0.520. The van der Waals surface area contributed by atoms with Gasteiger partial charge in [-0.25, -0.2) is 9.97 Å². The van der Waals surface area contributed by atoms with Crippen molar-refractivity contribution >= 4 is 22.6 Å². The number of aliphatic hydroxyl groups is 1. The predicted octanol–water partition coefficient (Wildman–Crippen LogP) is 2.82. The molecule has 0 spiro atoms. The van der Waals surface area contributed by atoms with Gasteiger partial charge in [-0.15, -0.1) is 0 Å². The number of carbonyl (C=O) groups is 1. The highest BCUT2D eigenvalue weighted by Gasteiger charge is 2.38. The van der Waals surface area contributed by atoms with Crippen LogP contribution in [0.1, 0.15) is 37.7 Å². The highest BCUT2D eigenvalue weighted by atomic mass is 16.5. The smallest absolute Gasteiger partial charge is 0.220 e. The summed E-state index contributed by atoms with van der Waals surface area (Å²) in [6.45, 7) is 5.55. The first-order valence-corrected chi connectivity index (χ1v) is 10.9. The lowest BCUT2D eigenvalue weighted by atomic mass is 9.80. The number of aromatic nitrogens is 4. The first-order chi connectivity index (χ1) is 15.4. The normalized spacial score (nSPS) is 22.5. The summed E-state index contributed by atoms with van der Waals surface area (Å²) < 4.78 is 7.49. The second-order valence-corrected chi connectivity index (χ2v) is 9.22. The zero-order chi connectivity index (χ0) is 22.0. The van der Waals surface area contributed by atoms with Gasteiger partial charge in [0.15, 0.2) is 5.65 Å². The maximum absolute atomic E-state index is 12.3. The van der Waals surface area contributed by atoms with Crippen LogP contribution in [0.15, 0.2) is 42.7 Å². The first kappa shape index (κ1) is 19.5. The van der Waals surface area contributed by atoms with Crippen molar-refractivity contribution in [2.45, 2.75) is 37.8 Å². The number of fused-ring (bicyclic) bond motifs is 3. The van der Waals surface area contributed by atoms with E-state index in [0.717, 1.165) is 47.0 Å². The Balaban J connectivity index is 1.53. The summed E-state index contributed by atoms with van der Waals surface area (Å²) >= 11 is 0. The summed E-state index contributed by atoms with van der Waals surface area (Å²) in [5.41, 5.74) is 5.67. The van der Waals surface area contributed by atoms with Gasteiger partial charge >= 0.3 is 0 Å². The molecule has 0 radical (unpaired) electrons. The molecule has 2 aliphatic heterocycles. The zero-order valence-corrected chi connectivity index (χ0v) is 18.1. The molecule has 2 aliphatic rings. The van der Waals surface area contributed by atoms with E-state index in [9.17, 15) is 9.90 Å². The topological polar surface area (TPSA) is 95.8 Å². The number of imidazole rings is 1. The number of hydrogen-bond acceptors (Lipinski definition) is 5. The monoisotopic (exact) mass is 431 g/mol. The molecule has 3 aromatic heterocycles. The van der Waals surface area contributed by atoms with Crippen LogP contribution in [0.4, 0.5) is 0 Å². The van der Waals surface area contributed by atoms with Crippen LogP contribution in [0.2, 0.25) is 0 Å². The van der Waals surface area contributed by atoms with Crippen LogP contribution in [0, 0.1) is 0 Å². The van der Waals surface area contributed by atoms with Crippen LogP contribution in [-0.2, 0) is 14.9 Å². The average molecular weight is 431 g/mol. The van der Waals surface area contributed by atoms with Crippen molar-refractivity contribution in [2.24, 2.45) is 0 Å². The molecule has 0 saturated carbocycles. The fourth-order valence-electron chi connectivity index (χ4n) is 5.03. The second-order valence-electron chi connectivity index (χ2n) is 9.22. The zero-order valence-electron chi connectivity index (χ0n) is 18.1. The number of likely N-dealkylation sites (tertiary alicyclic amines) is 1. The third kappa shape index (κ3) is 2.79. The van der Waals surface area contributed by atoms with Gasteiger partial charge in [0.1, 0.15) is 5.82 Å². The Morgan fingerprint density at radius 2 is 2.00 bits per heavy atom. The van der Waals surface area contributed by atoms with E-state index in [-0.39, 0.29) is 17.4 Å². The van der Waals surface area contributed by atoms with Gasteiger partial charge in [-0.3, -0.25) is 9.20 Å². The summed E-state index contributed by atoms with van der Waals surface area (Å²) in [6, 6.07) is 10.2. The Bertz CT molecular complexity index is 1340. The molecule has 0 aliphatic carbocycles. The third-order valence-corrected chi connectivity index (χ3v) is 6.88. The number of nitrogens with one attached hydrogen (secondary N) is 1. The van der Waals surface area contributed by atoms with Gasteiger partial charge in [0, 0.05) is 37.1 Å². The molecule has 8 nitrogen and oxygen atoms in total. The van der Waals surface area contributed by atoms with Gasteiger partial charge in [-0.1, -0.05) is 31.2 Å². The largest absolute Gasteiger partial charge is 0.391 e. The molecule has 164 valence electrons. The summed E-state index contributed by atoms with van der Waals surface area (Å²) in [7, 11) is 0. The van der Waals surface area contributed by atoms with Gasteiger partial charge in [0.05, 0.1) is 48.3 Å². The van der Waals surface area contributed by atoms with Crippen LogP contribution in [0.3, 0.4) is 0 Å². The molecule has 1 amide bonds. The number of hydrogen-bond donors (Lipinski definition) is 2. The lowest BCUT2D eigenvalue weighted by Crippen LogP contribution is -2.43. The van der Waals surface area contributed by atoms with Gasteiger partial charge in [0.25, 0.3) is 0 Å². The SMILES string of the molecule is CC(=O)N1C[C@H](O)C[C@@H]1c1nc(-c2ccc(C3(C)COC3)cc2)c2cnc3[nH]ccc3n12. The lowest BCUT2D eigenvalue weighted by Gasteiger charge is -2.38. The molecule has 32 heavy (non-hydrogen) atoms. The van der Waals surface area contributed by atoms with E-state index in [4.69, 9.17) is 9.72 Å². The van der Waals surface area contributed by atoms with Crippen molar-refractivity contribution in [1.82, 2.24) is 24.3 Å². The van der Waals surface area contributed by atoms with Crippen LogP contribution in [0.25, 0.3) is 27.9 Å². The van der Waals surface area contributed by atoms with Gasteiger partial charge in [-0.05, 0) is 11.6 Å². The van der Waals surface area contributed by atoms with Gasteiger partial charge in [-0.2, -0.15) is 0 Å². The number of aromatic amines is 1. The number of amides is 1. The minimum absolute atomic E-state index is 0.0652. The molecule has 2 N–H and O–H groups in total. The maximum atomic E-state index is 12.3. The Morgan fingerprint density at radius 3 is 2.69 bits per heavy atom. The molecule has 0 unspecified atom stereocenters. The highest BCUT2D eigenvalue weighted by Crippen LogP contribution is 2.38. The van der Waals surface area contributed by atoms with Crippen molar-refractivity contribution < 1.29 is 14.6 Å². The Morgan fingerprint density at radius 1 is 1.22 bits per heavy atom. The molecule has 5 heterocycles. The fourth-order valence-corrected chi connectivity index (χ4v) is 5.03. The van der Waals surface area contributed by atoms with Crippen molar-refractivity contribution in [2.75, 3.05) is 19.8 Å². The van der Waals surface area contributed by atoms with E-state index in [1.54, 1.807) is 11.8 Å². The van der Waals surface area contributed by atoms with Crippen molar-refractivity contribution in [3.8, 4) is 11.3 Å². The molecule has 4 aromatic rings. The number of nitrogens with zero attached hydrogens (tertiary/aromatic N) is 4. The second kappa shape index (κ2) is 6.88. The molecular weight excluding hydrogens is 406 g/mol. The van der Waals surface area contributed by atoms with E-state index in [1.807, 2.05) is 18.5 Å². The summed E-state index contributed by atoms with van der Waals surface area (Å²) in [5.74, 6) is 0.682. The van der Waals surface area contributed by atoms with E-state index >= 15 is 0 Å². The van der Waals surface area contributed by atoms with Crippen LogP contribution >= 0.6 is 0 Å². The number of rotatable bonds is 3. The predicted molar refractivity (Wildman–Crippen MR) is 119 cm³/mol. The number of benzene rings is 1. The molecule has 6 rings (SSSR count). The molecule has 8 heteroatoms. The Labute approximate surface area is 184 Å². The number of H-pyrrole nitrogens is 1. The van der Waals surface area contributed by atoms with E-state index in [1.165, 1.54) is 5.56 Å². The fraction of sp³-hybridized carbons (Fsp3) is 0.375. The number of β-amino-alcohol motifs (C(OH)–C–C–N with tert-alkyl or cyclic N) is 1. The lowest BCUT2D eigenvalue weighted by molar-refractivity contribution is -0.130. The number of aliphatic hydroxyl groups excluding tert-OH is 1. The molecule has 2 atom stereocenters. The first-order valence-electron chi connectivity index (χ1n) is 10.9. The van der Waals surface area contributed by atoms with Gasteiger partial charge < -0.3 is 19.7 Å².